The fraction of sp³-hybridized carbons (Fsp3) is 0.750. The van der Waals surface area contributed by atoms with Crippen LogP contribution in [0.2, 0.25) is 0 Å². The molecule has 0 bridgehead atoms. The molecule has 0 aromatic carbocycles. The maximum atomic E-state index is 13.6. The maximum Gasteiger partial charge on any atom is 0.266 e. The molecule has 2 fully saturated rings. The number of halogens is 2. The van der Waals surface area contributed by atoms with Gasteiger partial charge in [-0.3, -0.25) is 10.0 Å². The number of nitrogens with one attached hydrogen (secondary N) is 1. The average molecular weight is 544 g/mol. The molecule has 196 valence electrons. The van der Waals surface area contributed by atoms with Gasteiger partial charge in [0.1, 0.15) is 0 Å². The molecule has 1 amide bonds. The van der Waals surface area contributed by atoms with Crippen molar-refractivity contribution in [1.82, 2.24) is 24.7 Å². The van der Waals surface area contributed by atoms with Crippen LogP contribution in [0.3, 0.4) is 0 Å². The minimum atomic E-state index is -3.99. The van der Waals surface area contributed by atoms with Gasteiger partial charge in [-0.15, -0.1) is 24.8 Å². The largest absolute Gasteiger partial charge is 0.383 e. The summed E-state index contributed by atoms with van der Waals surface area (Å²) in [6.45, 7) is 5.51. The van der Waals surface area contributed by atoms with Crippen LogP contribution < -0.4 is 10.4 Å². The first-order valence-corrected chi connectivity index (χ1v) is 12.5. The number of carbonyl (C=O) groups is 1. The number of hydrogen-bond acceptors (Lipinski definition) is 9. The standard InChI is InChI=1S/C20H34N6O5S.2ClH/c1-3-4-17-15-21-19(22-16-17)25-9-11-26(12-10-25)32(29,30)20(18(27)23-28)5-7-24(8-6-20)13-14-31-2;;/h15-16,28H,3-14H2,1-2H3,(H,23,27);2*1H. The Morgan fingerprint density at radius 1 is 1.12 bits per heavy atom. The molecule has 0 spiro atoms. The molecule has 2 N–H and O–H groups in total. The molecule has 1 aromatic rings. The second-order valence-electron chi connectivity index (χ2n) is 8.30. The van der Waals surface area contributed by atoms with Crippen molar-refractivity contribution >= 4 is 46.7 Å². The quantitative estimate of drug-likeness (QED) is 0.342. The van der Waals surface area contributed by atoms with Crippen molar-refractivity contribution in [2.24, 2.45) is 0 Å². The van der Waals surface area contributed by atoms with Crippen molar-refractivity contribution in [3.63, 3.8) is 0 Å². The average Bonchev–Trinajstić information content (AvgIpc) is 2.83. The van der Waals surface area contributed by atoms with E-state index < -0.39 is 20.7 Å². The number of aryl methyl sites for hydroxylation is 1. The molecule has 14 heteroatoms. The molecule has 34 heavy (non-hydrogen) atoms. The fourth-order valence-corrected chi connectivity index (χ4v) is 6.48. The second-order valence-corrected chi connectivity index (χ2v) is 10.6. The summed E-state index contributed by atoms with van der Waals surface area (Å²) in [6.07, 6.45) is 5.80. The van der Waals surface area contributed by atoms with E-state index in [1.165, 1.54) is 4.31 Å². The van der Waals surface area contributed by atoms with E-state index in [4.69, 9.17) is 4.74 Å². The predicted octanol–water partition coefficient (Wildman–Crippen LogP) is 0.711. The van der Waals surface area contributed by atoms with Gasteiger partial charge >= 0.3 is 0 Å². The third-order valence-corrected chi connectivity index (χ3v) is 9.00. The predicted molar refractivity (Wildman–Crippen MR) is 133 cm³/mol. The number of methoxy groups -OCH3 is 1. The van der Waals surface area contributed by atoms with Gasteiger partial charge in [0.15, 0.2) is 4.75 Å². The van der Waals surface area contributed by atoms with Crippen LogP contribution in [0, 0.1) is 0 Å². The number of sulfonamides is 1. The lowest BCUT2D eigenvalue weighted by atomic mass is 9.95. The molecule has 2 saturated heterocycles. The van der Waals surface area contributed by atoms with Crippen molar-refractivity contribution in [2.45, 2.75) is 37.4 Å². The highest BCUT2D eigenvalue weighted by atomic mass is 35.5. The first-order chi connectivity index (χ1) is 15.4. The van der Waals surface area contributed by atoms with E-state index in [1.807, 2.05) is 17.3 Å². The minimum absolute atomic E-state index is 0. The zero-order valence-electron chi connectivity index (χ0n) is 19.7. The summed E-state index contributed by atoms with van der Waals surface area (Å²) in [7, 11) is -2.37. The lowest BCUT2D eigenvalue weighted by Gasteiger charge is -2.43. The molecule has 0 radical (unpaired) electrons. The van der Waals surface area contributed by atoms with Crippen molar-refractivity contribution in [3.05, 3.63) is 18.0 Å². The van der Waals surface area contributed by atoms with E-state index in [9.17, 15) is 18.4 Å². The Balaban J connectivity index is 0.00000289. The highest BCUT2D eigenvalue weighted by Crippen LogP contribution is 2.34. The molecule has 1 aromatic heterocycles. The molecule has 3 rings (SSSR count). The fourth-order valence-electron chi connectivity index (χ4n) is 4.37. The SMILES string of the molecule is CCCc1cnc(N2CCN(S(=O)(=O)C3(C(=O)NO)CCN(CCOC)CC3)CC2)nc1.Cl.Cl. The Bertz CT molecular complexity index is 861. The van der Waals surface area contributed by atoms with E-state index in [0.717, 1.165) is 18.4 Å². The van der Waals surface area contributed by atoms with Crippen LogP contribution in [0.25, 0.3) is 0 Å². The number of hydroxylamine groups is 1. The lowest BCUT2D eigenvalue weighted by molar-refractivity contribution is -0.133. The Morgan fingerprint density at radius 2 is 1.71 bits per heavy atom. The Morgan fingerprint density at radius 3 is 2.21 bits per heavy atom. The van der Waals surface area contributed by atoms with Crippen LogP contribution in [0.4, 0.5) is 5.95 Å². The number of anilines is 1. The highest BCUT2D eigenvalue weighted by molar-refractivity contribution is 7.91. The summed E-state index contributed by atoms with van der Waals surface area (Å²) < 4.78 is 32.0. The Kier molecular flexibility index (Phi) is 12.4. The molecule has 0 unspecified atom stereocenters. The first kappa shape index (κ1) is 30.8. The van der Waals surface area contributed by atoms with Crippen molar-refractivity contribution < 1.29 is 23.2 Å². The highest BCUT2D eigenvalue weighted by Gasteiger charge is 2.55. The van der Waals surface area contributed by atoms with Gasteiger partial charge in [0, 0.05) is 65.3 Å². The van der Waals surface area contributed by atoms with Gasteiger partial charge in [0.2, 0.25) is 16.0 Å². The molecule has 2 aliphatic heterocycles. The number of carbonyl (C=O) groups excluding carboxylic acids is 1. The van der Waals surface area contributed by atoms with Gasteiger partial charge in [-0.1, -0.05) is 13.3 Å². The Labute approximate surface area is 214 Å². The number of piperazine rings is 1. The first-order valence-electron chi connectivity index (χ1n) is 11.1. The van der Waals surface area contributed by atoms with E-state index in [1.54, 1.807) is 12.6 Å². The van der Waals surface area contributed by atoms with E-state index >= 15 is 0 Å². The number of aromatic nitrogens is 2. The monoisotopic (exact) mass is 542 g/mol. The summed E-state index contributed by atoms with van der Waals surface area (Å²) in [5.74, 6) is -0.280. The van der Waals surface area contributed by atoms with Gasteiger partial charge in [-0.2, -0.15) is 4.31 Å². The van der Waals surface area contributed by atoms with Gasteiger partial charge in [-0.05, 0) is 24.8 Å². The second kappa shape index (κ2) is 13.7. The molecule has 3 heterocycles. The number of rotatable bonds is 9. The van der Waals surface area contributed by atoms with Gasteiger partial charge in [0.25, 0.3) is 5.91 Å². The van der Waals surface area contributed by atoms with Crippen LogP contribution in [-0.4, -0.2) is 103 Å². The van der Waals surface area contributed by atoms with Crippen LogP contribution >= 0.6 is 24.8 Å². The summed E-state index contributed by atoms with van der Waals surface area (Å²) >= 11 is 0. The molecular formula is C20H36Cl2N6O5S. The van der Waals surface area contributed by atoms with Crippen molar-refractivity contribution in [3.8, 4) is 0 Å². The van der Waals surface area contributed by atoms with Crippen LogP contribution in [0.1, 0.15) is 31.7 Å². The Hall–Kier alpha value is -1.28. The molecule has 2 aliphatic rings. The maximum absolute atomic E-state index is 13.6. The number of nitrogens with zero attached hydrogens (tertiary/aromatic N) is 5. The molecule has 0 atom stereocenters. The van der Waals surface area contributed by atoms with Gasteiger partial charge in [-0.25, -0.2) is 23.9 Å². The number of hydrogen-bond donors (Lipinski definition) is 2. The van der Waals surface area contributed by atoms with Gasteiger partial charge in [0.05, 0.1) is 6.61 Å². The smallest absolute Gasteiger partial charge is 0.266 e. The van der Waals surface area contributed by atoms with E-state index in [2.05, 4.69) is 21.8 Å². The lowest BCUT2D eigenvalue weighted by Crippen LogP contribution is -2.63. The zero-order chi connectivity index (χ0) is 23.2. The minimum Gasteiger partial charge on any atom is -0.383 e. The molecule has 0 aliphatic carbocycles. The number of piperidine rings is 1. The number of ether oxygens (including phenoxy) is 1. The molecule has 0 saturated carbocycles. The summed E-state index contributed by atoms with van der Waals surface area (Å²) in [5.41, 5.74) is 2.69. The van der Waals surface area contributed by atoms with Crippen LogP contribution in [-0.2, 0) is 26.0 Å². The zero-order valence-corrected chi connectivity index (χ0v) is 22.1. The number of amides is 1. The van der Waals surface area contributed by atoms with Gasteiger partial charge < -0.3 is 14.5 Å². The summed E-state index contributed by atoms with van der Waals surface area (Å²) in [5, 5.41) is 9.33. The molecule has 11 nitrogen and oxygen atoms in total. The van der Waals surface area contributed by atoms with Crippen molar-refractivity contribution in [2.75, 3.05) is 64.4 Å². The molecular weight excluding hydrogens is 507 g/mol. The number of likely N-dealkylation sites (tertiary alicyclic amines) is 1. The third kappa shape index (κ3) is 6.48. The van der Waals surface area contributed by atoms with Crippen LogP contribution in [0.15, 0.2) is 12.4 Å². The van der Waals surface area contributed by atoms with E-state index in [0.29, 0.717) is 45.3 Å². The normalized spacial score (nSPS) is 19.1. The third-order valence-electron chi connectivity index (χ3n) is 6.38. The summed E-state index contributed by atoms with van der Waals surface area (Å²) in [6, 6.07) is 0. The van der Waals surface area contributed by atoms with Crippen molar-refractivity contribution in [1.29, 1.82) is 0 Å². The summed E-state index contributed by atoms with van der Waals surface area (Å²) in [4.78, 5) is 25.5. The topological polar surface area (TPSA) is 128 Å². The van der Waals surface area contributed by atoms with E-state index in [-0.39, 0.29) is 50.7 Å². The van der Waals surface area contributed by atoms with Crippen LogP contribution in [0.5, 0.6) is 0 Å².